The summed E-state index contributed by atoms with van der Waals surface area (Å²) in [7, 11) is 3.28. The lowest BCUT2D eigenvalue weighted by molar-refractivity contribution is -0.136. The minimum atomic E-state index is -1.72. The van der Waals surface area contributed by atoms with Crippen LogP contribution in [0.1, 0.15) is 12.6 Å². The molecule has 2 heterocycles. The van der Waals surface area contributed by atoms with Crippen LogP contribution in [0.4, 0.5) is 5.82 Å². The van der Waals surface area contributed by atoms with Gasteiger partial charge in [0.1, 0.15) is 0 Å². The van der Waals surface area contributed by atoms with Crippen LogP contribution in [-0.4, -0.2) is 38.0 Å². The van der Waals surface area contributed by atoms with Gasteiger partial charge in [-0.3, -0.25) is 19.2 Å². The third kappa shape index (κ3) is 3.09. The van der Waals surface area contributed by atoms with Gasteiger partial charge in [0.05, 0.1) is 6.54 Å². The molecule has 0 saturated heterocycles. The van der Waals surface area contributed by atoms with Crippen LogP contribution in [0.5, 0.6) is 0 Å². The van der Waals surface area contributed by atoms with Gasteiger partial charge in [0.25, 0.3) is 11.5 Å². The molecule has 1 N–H and O–H groups in total. The van der Waals surface area contributed by atoms with E-state index in [4.69, 9.17) is 0 Å². The fourth-order valence-electron chi connectivity index (χ4n) is 2.25. The summed E-state index contributed by atoms with van der Waals surface area (Å²) in [6, 6.07) is 6.47. The van der Waals surface area contributed by atoms with Crippen molar-refractivity contribution in [2.24, 2.45) is 7.05 Å². The Morgan fingerprint density at radius 3 is 2.64 bits per heavy atom. The SMILES string of the molecule is Cc1cccc(=O)n1CC(C)(O)C(=O)N(C)c1ccn(C)n1. The lowest BCUT2D eigenvalue weighted by Gasteiger charge is -2.28. The molecular formula is C15H20N4O3. The fraction of sp³-hybridized carbons (Fsp3) is 0.400. The molecule has 0 spiro atoms. The molecule has 0 fully saturated rings. The molecule has 22 heavy (non-hydrogen) atoms. The molecule has 0 radical (unpaired) electrons. The van der Waals surface area contributed by atoms with Gasteiger partial charge in [-0.15, -0.1) is 0 Å². The number of rotatable bonds is 4. The largest absolute Gasteiger partial charge is 0.378 e. The van der Waals surface area contributed by atoms with Crippen molar-refractivity contribution in [2.75, 3.05) is 11.9 Å². The van der Waals surface area contributed by atoms with E-state index in [2.05, 4.69) is 5.10 Å². The number of hydrogen-bond donors (Lipinski definition) is 1. The third-order valence-corrected chi connectivity index (χ3v) is 3.54. The summed E-state index contributed by atoms with van der Waals surface area (Å²) in [5.41, 5.74) is -1.29. The minimum Gasteiger partial charge on any atom is -0.378 e. The zero-order chi connectivity index (χ0) is 16.5. The highest BCUT2D eigenvalue weighted by molar-refractivity contribution is 5.97. The van der Waals surface area contributed by atoms with Gasteiger partial charge in [-0.1, -0.05) is 6.07 Å². The number of aromatic nitrogens is 3. The van der Waals surface area contributed by atoms with Crippen LogP contribution in [0.25, 0.3) is 0 Å². The Hall–Kier alpha value is -2.41. The number of carbonyl (C=O) groups is 1. The lowest BCUT2D eigenvalue weighted by atomic mass is 10.0. The molecule has 1 unspecified atom stereocenters. The first kappa shape index (κ1) is 16.0. The Morgan fingerprint density at radius 1 is 1.41 bits per heavy atom. The fourth-order valence-corrected chi connectivity index (χ4v) is 2.25. The molecular weight excluding hydrogens is 284 g/mol. The molecule has 0 aromatic carbocycles. The molecule has 118 valence electrons. The van der Waals surface area contributed by atoms with Crippen molar-refractivity contribution in [3.63, 3.8) is 0 Å². The van der Waals surface area contributed by atoms with E-state index in [0.29, 0.717) is 11.5 Å². The van der Waals surface area contributed by atoms with E-state index in [1.54, 1.807) is 50.1 Å². The number of hydrogen-bond acceptors (Lipinski definition) is 4. The maximum absolute atomic E-state index is 12.5. The molecule has 1 amide bonds. The van der Waals surface area contributed by atoms with Crippen LogP contribution in [0.3, 0.4) is 0 Å². The maximum Gasteiger partial charge on any atom is 0.261 e. The maximum atomic E-state index is 12.5. The zero-order valence-corrected chi connectivity index (χ0v) is 13.1. The molecule has 2 rings (SSSR count). The Kier molecular flexibility index (Phi) is 4.18. The first-order valence-electron chi connectivity index (χ1n) is 6.89. The molecule has 0 bridgehead atoms. The normalized spacial score (nSPS) is 13.7. The summed E-state index contributed by atoms with van der Waals surface area (Å²) >= 11 is 0. The van der Waals surface area contributed by atoms with Crippen molar-refractivity contribution < 1.29 is 9.90 Å². The van der Waals surface area contributed by atoms with E-state index >= 15 is 0 Å². The number of likely N-dealkylation sites (N-methyl/N-ethyl adjacent to an activating group) is 1. The Labute approximate surface area is 128 Å². The number of nitrogens with zero attached hydrogens (tertiary/aromatic N) is 4. The highest BCUT2D eigenvalue weighted by atomic mass is 16.3. The Bertz CT molecular complexity index is 745. The van der Waals surface area contributed by atoms with E-state index < -0.39 is 11.5 Å². The summed E-state index contributed by atoms with van der Waals surface area (Å²) < 4.78 is 2.95. The van der Waals surface area contributed by atoms with Crippen molar-refractivity contribution in [2.45, 2.75) is 26.0 Å². The predicted octanol–water partition coefficient (Wildman–Crippen LogP) is 0.304. The topological polar surface area (TPSA) is 80.4 Å². The highest BCUT2D eigenvalue weighted by Crippen LogP contribution is 2.16. The average molecular weight is 304 g/mol. The summed E-state index contributed by atoms with van der Waals surface area (Å²) in [6.07, 6.45) is 1.71. The first-order chi connectivity index (χ1) is 10.2. The Morgan fingerprint density at radius 2 is 2.09 bits per heavy atom. The smallest absolute Gasteiger partial charge is 0.261 e. The second-order valence-electron chi connectivity index (χ2n) is 5.58. The number of carbonyl (C=O) groups excluding carboxylic acids is 1. The number of pyridine rings is 1. The summed E-state index contributed by atoms with van der Waals surface area (Å²) in [5.74, 6) is -0.0914. The number of amides is 1. The van der Waals surface area contributed by atoms with Crippen molar-refractivity contribution in [1.29, 1.82) is 0 Å². The molecule has 1 atom stereocenters. The van der Waals surface area contributed by atoms with E-state index in [0.717, 1.165) is 0 Å². The predicted molar refractivity (Wildman–Crippen MR) is 82.7 cm³/mol. The summed E-state index contributed by atoms with van der Waals surface area (Å²) in [6.45, 7) is 3.03. The highest BCUT2D eigenvalue weighted by Gasteiger charge is 2.35. The van der Waals surface area contributed by atoms with Crippen LogP contribution in [0.15, 0.2) is 35.3 Å². The third-order valence-electron chi connectivity index (χ3n) is 3.54. The van der Waals surface area contributed by atoms with Crippen LogP contribution >= 0.6 is 0 Å². The van der Waals surface area contributed by atoms with Crippen molar-refractivity contribution in [3.8, 4) is 0 Å². The first-order valence-corrected chi connectivity index (χ1v) is 6.89. The molecule has 2 aromatic rings. The van der Waals surface area contributed by atoms with Crippen molar-refractivity contribution >= 4 is 11.7 Å². The van der Waals surface area contributed by atoms with E-state index in [1.165, 1.54) is 22.5 Å². The van der Waals surface area contributed by atoms with E-state index in [-0.39, 0.29) is 12.1 Å². The number of anilines is 1. The molecule has 7 heteroatoms. The van der Waals surface area contributed by atoms with Crippen molar-refractivity contribution in [1.82, 2.24) is 14.3 Å². The van der Waals surface area contributed by atoms with Gasteiger partial charge in [0.2, 0.25) is 0 Å². The molecule has 0 aliphatic rings. The Balaban J connectivity index is 2.26. The second kappa shape index (κ2) is 5.76. The lowest BCUT2D eigenvalue weighted by Crippen LogP contribution is -2.50. The minimum absolute atomic E-state index is 0.117. The van der Waals surface area contributed by atoms with Gasteiger partial charge in [0.15, 0.2) is 11.4 Å². The number of aryl methyl sites for hydroxylation is 2. The van der Waals surface area contributed by atoms with Crippen molar-refractivity contribution in [3.05, 3.63) is 46.5 Å². The van der Waals surface area contributed by atoms with E-state index in [9.17, 15) is 14.7 Å². The molecule has 2 aromatic heterocycles. The van der Waals surface area contributed by atoms with Gasteiger partial charge < -0.3 is 9.67 Å². The van der Waals surface area contributed by atoms with Gasteiger partial charge in [-0.2, -0.15) is 5.10 Å². The van der Waals surface area contributed by atoms with E-state index in [1.807, 2.05) is 0 Å². The molecule has 7 nitrogen and oxygen atoms in total. The van der Waals surface area contributed by atoms with Crippen LogP contribution in [-0.2, 0) is 18.4 Å². The average Bonchev–Trinajstić information content (AvgIpc) is 2.88. The van der Waals surface area contributed by atoms with Crippen LogP contribution in [0, 0.1) is 6.92 Å². The molecule has 0 aliphatic heterocycles. The summed E-state index contributed by atoms with van der Waals surface area (Å²) in [5, 5.41) is 14.7. The van der Waals surface area contributed by atoms with Gasteiger partial charge >= 0.3 is 0 Å². The van der Waals surface area contributed by atoms with Gasteiger partial charge in [-0.05, 0) is 19.9 Å². The van der Waals surface area contributed by atoms with Crippen LogP contribution in [0.2, 0.25) is 0 Å². The summed E-state index contributed by atoms with van der Waals surface area (Å²) in [4.78, 5) is 25.7. The molecule has 0 aliphatic carbocycles. The standard InChI is InChI=1S/C15H20N4O3/c1-11-6-5-7-13(20)19(11)10-15(2,22)14(21)18(4)12-8-9-17(3)16-12/h5-9,22H,10H2,1-4H3. The molecule has 0 saturated carbocycles. The zero-order valence-electron chi connectivity index (χ0n) is 13.1. The van der Waals surface area contributed by atoms with Gasteiger partial charge in [-0.25, -0.2) is 0 Å². The quantitative estimate of drug-likeness (QED) is 0.881. The van der Waals surface area contributed by atoms with Gasteiger partial charge in [0, 0.05) is 38.1 Å². The second-order valence-corrected chi connectivity index (χ2v) is 5.58. The van der Waals surface area contributed by atoms with Crippen LogP contribution < -0.4 is 10.5 Å². The number of aliphatic hydroxyl groups is 1. The monoisotopic (exact) mass is 304 g/mol.